The molecule has 3 heterocycles. The van der Waals surface area contributed by atoms with E-state index in [-0.39, 0.29) is 12.1 Å². The fraction of sp³-hybridized carbons (Fsp3) is 0.438. The maximum Gasteiger partial charge on any atom is 0.318 e. The van der Waals surface area contributed by atoms with E-state index in [2.05, 4.69) is 5.32 Å². The van der Waals surface area contributed by atoms with Gasteiger partial charge in [0.15, 0.2) is 0 Å². The Morgan fingerprint density at radius 3 is 3.00 bits per heavy atom. The monoisotopic (exact) mass is 320 g/mol. The van der Waals surface area contributed by atoms with Gasteiger partial charge in [0, 0.05) is 18.0 Å². The largest absolute Gasteiger partial charge is 0.467 e. The number of urea groups is 1. The van der Waals surface area contributed by atoms with Crippen LogP contribution in [0, 0.1) is 0 Å². The first-order valence-corrected chi connectivity index (χ1v) is 8.38. The second-order valence-electron chi connectivity index (χ2n) is 5.34. The highest BCUT2D eigenvalue weighted by molar-refractivity contribution is 7.09. The summed E-state index contributed by atoms with van der Waals surface area (Å²) >= 11 is 1.65. The van der Waals surface area contributed by atoms with E-state index in [0.717, 1.165) is 30.1 Å². The molecule has 1 saturated heterocycles. The van der Waals surface area contributed by atoms with Crippen LogP contribution in [0.5, 0.6) is 0 Å². The fourth-order valence-corrected chi connectivity index (χ4v) is 3.22. The van der Waals surface area contributed by atoms with E-state index in [1.54, 1.807) is 22.5 Å². The molecular weight excluding hydrogens is 300 g/mol. The zero-order valence-electron chi connectivity index (χ0n) is 12.4. The predicted molar refractivity (Wildman–Crippen MR) is 84.6 cm³/mol. The third-order valence-corrected chi connectivity index (χ3v) is 4.51. The molecule has 1 N–H and O–H groups in total. The highest BCUT2D eigenvalue weighted by atomic mass is 32.1. The van der Waals surface area contributed by atoms with Gasteiger partial charge in [-0.05, 0) is 36.4 Å². The van der Waals surface area contributed by atoms with E-state index in [0.29, 0.717) is 19.6 Å². The smallest absolute Gasteiger partial charge is 0.318 e. The maximum absolute atomic E-state index is 12.5. The molecule has 1 aliphatic heterocycles. The number of nitrogens with zero attached hydrogens (tertiary/aromatic N) is 1. The van der Waals surface area contributed by atoms with Crippen LogP contribution in [0.1, 0.15) is 23.5 Å². The first-order chi connectivity index (χ1) is 10.8. The van der Waals surface area contributed by atoms with Crippen LogP contribution in [0.15, 0.2) is 40.3 Å². The molecule has 0 radical (unpaired) electrons. The van der Waals surface area contributed by atoms with Crippen molar-refractivity contribution in [3.8, 4) is 0 Å². The number of nitrogens with one attached hydrogen (secondary N) is 1. The van der Waals surface area contributed by atoms with E-state index < -0.39 is 0 Å². The summed E-state index contributed by atoms with van der Waals surface area (Å²) in [4.78, 5) is 15.4. The van der Waals surface area contributed by atoms with Gasteiger partial charge < -0.3 is 19.4 Å². The highest BCUT2D eigenvalue weighted by Crippen LogP contribution is 2.15. The Bertz CT molecular complexity index is 526. The molecule has 2 aromatic heterocycles. The standard InChI is InChI=1S/C16H20N2O3S/c19-16(17-10-13-4-1-7-20-13)18(11-14-5-2-8-21-14)12-15-6-3-9-22-15/h2-3,5-6,8-9,13H,1,4,7,10-12H2,(H,17,19)/t13-/m1/s1. The summed E-state index contributed by atoms with van der Waals surface area (Å²) in [6.45, 7) is 2.40. The molecular formula is C16H20N2O3S. The Morgan fingerprint density at radius 2 is 2.32 bits per heavy atom. The molecule has 2 amide bonds. The van der Waals surface area contributed by atoms with Crippen molar-refractivity contribution in [2.75, 3.05) is 13.2 Å². The molecule has 0 saturated carbocycles. The minimum Gasteiger partial charge on any atom is -0.467 e. The Kier molecular flexibility index (Phi) is 5.13. The second-order valence-corrected chi connectivity index (χ2v) is 6.37. The van der Waals surface area contributed by atoms with Gasteiger partial charge in [-0.15, -0.1) is 11.3 Å². The first-order valence-electron chi connectivity index (χ1n) is 7.50. The zero-order chi connectivity index (χ0) is 15.2. The summed E-state index contributed by atoms with van der Waals surface area (Å²) in [5.74, 6) is 0.781. The van der Waals surface area contributed by atoms with Gasteiger partial charge in [-0.1, -0.05) is 6.07 Å². The summed E-state index contributed by atoms with van der Waals surface area (Å²) in [5, 5.41) is 4.99. The van der Waals surface area contributed by atoms with Gasteiger partial charge in [-0.25, -0.2) is 4.79 Å². The number of carbonyl (C=O) groups excluding carboxylic acids is 1. The van der Waals surface area contributed by atoms with Crippen molar-refractivity contribution < 1.29 is 13.9 Å². The van der Waals surface area contributed by atoms with E-state index >= 15 is 0 Å². The average Bonchev–Trinajstić information content (AvgIpc) is 3.27. The highest BCUT2D eigenvalue weighted by Gasteiger charge is 2.20. The van der Waals surface area contributed by atoms with Gasteiger partial charge in [-0.3, -0.25) is 0 Å². The minimum atomic E-state index is -0.0831. The topological polar surface area (TPSA) is 54.7 Å². The predicted octanol–water partition coefficient (Wildman–Crippen LogP) is 3.23. The quantitative estimate of drug-likeness (QED) is 0.889. The molecule has 0 aromatic carbocycles. The molecule has 1 atom stereocenters. The van der Waals surface area contributed by atoms with Gasteiger partial charge in [-0.2, -0.15) is 0 Å². The number of amides is 2. The van der Waals surface area contributed by atoms with Crippen molar-refractivity contribution in [1.82, 2.24) is 10.2 Å². The van der Waals surface area contributed by atoms with Crippen LogP contribution in [0.25, 0.3) is 0 Å². The van der Waals surface area contributed by atoms with Crippen molar-refractivity contribution in [2.45, 2.75) is 32.0 Å². The van der Waals surface area contributed by atoms with Crippen LogP contribution in [0.2, 0.25) is 0 Å². The molecule has 1 aliphatic rings. The van der Waals surface area contributed by atoms with Crippen molar-refractivity contribution in [3.63, 3.8) is 0 Å². The van der Waals surface area contributed by atoms with Crippen molar-refractivity contribution in [2.24, 2.45) is 0 Å². The number of carbonyl (C=O) groups is 1. The zero-order valence-corrected chi connectivity index (χ0v) is 13.2. The molecule has 5 nitrogen and oxygen atoms in total. The summed E-state index contributed by atoms with van der Waals surface area (Å²) < 4.78 is 10.9. The lowest BCUT2D eigenvalue weighted by Crippen LogP contribution is -2.42. The molecule has 2 aromatic rings. The maximum atomic E-state index is 12.5. The van der Waals surface area contributed by atoms with E-state index in [9.17, 15) is 4.79 Å². The summed E-state index contributed by atoms with van der Waals surface area (Å²) in [6.07, 6.45) is 3.87. The summed E-state index contributed by atoms with van der Waals surface area (Å²) in [6, 6.07) is 7.67. The molecule has 1 fully saturated rings. The number of thiophene rings is 1. The number of ether oxygens (including phenoxy) is 1. The van der Waals surface area contributed by atoms with Gasteiger partial charge in [0.05, 0.1) is 25.5 Å². The van der Waals surface area contributed by atoms with Crippen molar-refractivity contribution in [1.29, 1.82) is 0 Å². The first kappa shape index (κ1) is 15.1. The SMILES string of the molecule is O=C(NC[C@H]1CCCO1)N(Cc1ccco1)Cc1cccs1. The lowest BCUT2D eigenvalue weighted by atomic mass is 10.2. The third kappa shape index (κ3) is 4.11. The van der Waals surface area contributed by atoms with Gasteiger partial charge in [0.25, 0.3) is 0 Å². The Morgan fingerprint density at radius 1 is 1.36 bits per heavy atom. The number of rotatable bonds is 6. The minimum absolute atomic E-state index is 0.0831. The van der Waals surface area contributed by atoms with Gasteiger partial charge in [0.1, 0.15) is 5.76 Å². The third-order valence-electron chi connectivity index (χ3n) is 3.65. The van der Waals surface area contributed by atoms with Gasteiger partial charge in [0.2, 0.25) is 0 Å². The molecule has 0 unspecified atom stereocenters. The summed E-state index contributed by atoms with van der Waals surface area (Å²) in [7, 11) is 0. The van der Waals surface area contributed by atoms with Crippen LogP contribution in [0.3, 0.4) is 0 Å². The number of hydrogen-bond donors (Lipinski definition) is 1. The lowest BCUT2D eigenvalue weighted by molar-refractivity contribution is 0.108. The molecule has 118 valence electrons. The Labute approximate surface area is 133 Å². The van der Waals surface area contributed by atoms with Crippen LogP contribution in [-0.4, -0.2) is 30.2 Å². The molecule has 0 aliphatic carbocycles. The Hall–Kier alpha value is -1.79. The van der Waals surface area contributed by atoms with E-state index in [4.69, 9.17) is 9.15 Å². The average molecular weight is 320 g/mol. The number of hydrogen-bond acceptors (Lipinski definition) is 4. The van der Waals surface area contributed by atoms with E-state index in [1.807, 2.05) is 29.6 Å². The van der Waals surface area contributed by atoms with Crippen LogP contribution < -0.4 is 5.32 Å². The molecule has 3 rings (SSSR count). The summed E-state index contributed by atoms with van der Waals surface area (Å²) in [5.41, 5.74) is 0. The normalized spacial score (nSPS) is 17.5. The van der Waals surface area contributed by atoms with Crippen LogP contribution in [0.4, 0.5) is 4.79 Å². The fourth-order valence-electron chi connectivity index (χ4n) is 2.50. The van der Waals surface area contributed by atoms with Crippen molar-refractivity contribution in [3.05, 3.63) is 46.5 Å². The molecule has 0 bridgehead atoms. The molecule has 0 spiro atoms. The van der Waals surface area contributed by atoms with Crippen LogP contribution >= 0.6 is 11.3 Å². The van der Waals surface area contributed by atoms with Crippen LogP contribution in [-0.2, 0) is 17.8 Å². The van der Waals surface area contributed by atoms with E-state index in [1.165, 1.54) is 0 Å². The molecule has 22 heavy (non-hydrogen) atoms. The van der Waals surface area contributed by atoms with Crippen molar-refractivity contribution >= 4 is 17.4 Å². The Balaban J connectivity index is 1.59. The second kappa shape index (κ2) is 7.47. The number of furan rings is 1. The molecule has 6 heteroatoms. The van der Waals surface area contributed by atoms with Gasteiger partial charge >= 0.3 is 6.03 Å². The lowest BCUT2D eigenvalue weighted by Gasteiger charge is -2.22.